The lowest BCUT2D eigenvalue weighted by Gasteiger charge is -2.43. The molecule has 0 spiro atoms. The van der Waals surface area contributed by atoms with Gasteiger partial charge in [-0.05, 0) is 150 Å². The van der Waals surface area contributed by atoms with E-state index in [0.717, 1.165) is 48.4 Å². The van der Waals surface area contributed by atoms with Crippen LogP contribution in [0.15, 0.2) is 66.7 Å². The Hall–Kier alpha value is -2.48. The van der Waals surface area contributed by atoms with Crippen LogP contribution in [-0.2, 0) is 20.6 Å². The molecular weight excluding hydrogens is 779 g/mol. The molecule has 1 N–H and O–H groups in total. The van der Waals surface area contributed by atoms with Crippen molar-refractivity contribution in [3.05, 3.63) is 77.9 Å². The maximum absolute atomic E-state index is 12.1. The van der Waals surface area contributed by atoms with Gasteiger partial charge in [0.15, 0.2) is 16.6 Å². The molecule has 0 atom stereocenters. The second-order valence-electron chi connectivity index (χ2n) is 17.3. The van der Waals surface area contributed by atoms with Crippen molar-refractivity contribution in [2.24, 2.45) is 0 Å². The number of nitrogens with zero attached hydrogens (tertiary/aromatic N) is 1. The van der Waals surface area contributed by atoms with Crippen LogP contribution < -0.4 is 4.74 Å². The molecule has 296 valence electrons. The van der Waals surface area contributed by atoms with Gasteiger partial charge in [0.25, 0.3) is 0 Å². The molecular formula is C39H63NO8Si6. The molecule has 3 rings (SSSR count). The highest BCUT2D eigenvalue weighted by Gasteiger charge is 2.46. The van der Waals surface area contributed by atoms with Gasteiger partial charge in [0, 0.05) is 0 Å². The number of unbranched alkanes of at least 4 members (excludes halogenated alkanes) is 3. The van der Waals surface area contributed by atoms with Gasteiger partial charge < -0.3 is 30.4 Å². The first-order valence-corrected chi connectivity index (χ1v) is 36.7. The van der Waals surface area contributed by atoms with Crippen LogP contribution >= 0.6 is 0 Å². The smallest absolute Gasteiger partial charge is 0.336 e. The molecule has 3 aromatic rings. The van der Waals surface area contributed by atoms with E-state index in [1.807, 2.05) is 42.5 Å². The quantitative estimate of drug-likeness (QED) is 0.0826. The van der Waals surface area contributed by atoms with Gasteiger partial charge in [-0.15, -0.1) is 0 Å². The molecule has 0 radical (unpaired) electrons. The number of carboxylic acids is 1. The Morgan fingerprint density at radius 1 is 0.593 bits per heavy atom. The number of nitriles is 1. The lowest BCUT2D eigenvalue weighted by molar-refractivity contribution is 0.0697. The summed E-state index contributed by atoms with van der Waals surface area (Å²) in [6.45, 7) is 28.6. The SMILES string of the molecule is C[Si](C)(C)O[Si](C)(C)O[Si](C)(C)O[Si](C)(C)O[Si](C)(C)O[Si](C)(C)CCCCCCOc1ccc(C(=O)O)c(-c2ccc(-c3ccc(C#N)cc3)cc2)c1. The van der Waals surface area contributed by atoms with Gasteiger partial charge in [0.1, 0.15) is 5.75 Å². The molecule has 3 aromatic carbocycles. The van der Waals surface area contributed by atoms with Crippen molar-refractivity contribution in [2.45, 2.75) is 117 Å². The zero-order valence-corrected chi connectivity index (χ0v) is 40.8. The summed E-state index contributed by atoms with van der Waals surface area (Å²) in [5.41, 5.74) is 4.22. The van der Waals surface area contributed by atoms with Crippen molar-refractivity contribution in [2.75, 3.05) is 6.61 Å². The fraction of sp³-hybridized carbons (Fsp3) is 0.487. The monoisotopic (exact) mass is 841 g/mol. The predicted octanol–water partition coefficient (Wildman–Crippen LogP) is 11.5. The second-order valence-corrected chi connectivity index (χ2v) is 40.8. The zero-order chi connectivity index (χ0) is 40.6. The Morgan fingerprint density at radius 3 is 1.56 bits per heavy atom. The summed E-state index contributed by atoms with van der Waals surface area (Å²) >= 11 is 0. The normalized spacial score (nSPS) is 13.1. The van der Waals surface area contributed by atoms with Crippen molar-refractivity contribution < 1.29 is 35.2 Å². The molecule has 0 fully saturated rings. The fourth-order valence-corrected chi connectivity index (χ4v) is 36.2. The summed E-state index contributed by atoms with van der Waals surface area (Å²) in [6, 6.07) is 23.5. The summed E-state index contributed by atoms with van der Waals surface area (Å²) in [5.74, 6) is -0.330. The minimum atomic E-state index is -2.54. The average molecular weight is 842 g/mol. The summed E-state index contributed by atoms with van der Waals surface area (Å²) in [4.78, 5) is 12.1. The Kier molecular flexibility index (Phi) is 15.8. The Morgan fingerprint density at radius 2 is 1.06 bits per heavy atom. The van der Waals surface area contributed by atoms with Gasteiger partial charge in [-0.1, -0.05) is 55.7 Å². The van der Waals surface area contributed by atoms with Crippen molar-refractivity contribution in [1.29, 1.82) is 5.26 Å². The van der Waals surface area contributed by atoms with Crippen LogP contribution in [0.5, 0.6) is 5.75 Å². The number of ether oxygens (including phenoxy) is 1. The largest absolute Gasteiger partial charge is 0.494 e. The molecule has 15 heteroatoms. The lowest BCUT2D eigenvalue weighted by Crippen LogP contribution is -2.59. The van der Waals surface area contributed by atoms with E-state index in [0.29, 0.717) is 23.5 Å². The molecule has 0 aliphatic carbocycles. The molecule has 0 amide bonds. The van der Waals surface area contributed by atoms with Crippen LogP contribution in [0, 0.1) is 11.3 Å². The van der Waals surface area contributed by atoms with Crippen molar-refractivity contribution in [1.82, 2.24) is 0 Å². The number of hydrogen-bond acceptors (Lipinski definition) is 8. The maximum Gasteiger partial charge on any atom is 0.336 e. The van der Waals surface area contributed by atoms with Gasteiger partial charge in [-0.3, -0.25) is 0 Å². The standard InChI is InChI=1S/C39H63NO8Si6/c1-49(2,3)44-51(6,7)46-53(10,11)48-54(12,13)47-52(8,9)45-50(4,5)29-17-15-14-16-28-43-36-26-27-37(39(41)42)38(30-36)35-24-22-34(23-25-35)33-20-18-32(31-40)19-21-33/h18-27,30H,14-17,28-29H2,1-13H3,(H,41,42). The molecule has 0 saturated heterocycles. The first-order valence-electron chi connectivity index (χ1n) is 18.9. The number of hydrogen-bond donors (Lipinski definition) is 1. The predicted molar refractivity (Wildman–Crippen MR) is 234 cm³/mol. The minimum absolute atomic E-state index is 0.228. The third-order valence-electron chi connectivity index (χ3n) is 8.26. The number of carbonyl (C=O) groups is 1. The fourth-order valence-electron chi connectivity index (χ4n) is 7.13. The lowest BCUT2D eigenvalue weighted by atomic mass is 9.96. The van der Waals surface area contributed by atoms with Gasteiger partial charge >= 0.3 is 40.2 Å². The van der Waals surface area contributed by atoms with Crippen molar-refractivity contribution in [3.63, 3.8) is 0 Å². The molecule has 0 aliphatic rings. The third-order valence-corrected chi connectivity index (χ3v) is 30.2. The Labute approximate surface area is 331 Å². The van der Waals surface area contributed by atoms with E-state index in [1.54, 1.807) is 24.3 Å². The average Bonchev–Trinajstić information content (AvgIpc) is 3.00. The summed E-state index contributed by atoms with van der Waals surface area (Å²) in [6.07, 6.45) is 4.11. The first kappa shape index (κ1) is 45.9. The highest BCUT2D eigenvalue weighted by atomic mass is 28.5. The molecule has 0 unspecified atom stereocenters. The van der Waals surface area contributed by atoms with Gasteiger partial charge in [-0.25, -0.2) is 4.79 Å². The molecule has 54 heavy (non-hydrogen) atoms. The van der Waals surface area contributed by atoms with E-state index in [1.165, 1.54) is 0 Å². The van der Waals surface area contributed by atoms with E-state index >= 15 is 0 Å². The van der Waals surface area contributed by atoms with Crippen LogP contribution in [0.2, 0.25) is 91.2 Å². The van der Waals surface area contributed by atoms with Gasteiger partial charge in [0.05, 0.1) is 23.8 Å². The van der Waals surface area contributed by atoms with Gasteiger partial charge in [-0.2, -0.15) is 5.26 Å². The van der Waals surface area contributed by atoms with E-state index in [2.05, 4.69) is 91.2 Å². The third kappa shape index (κ3) is 15.9. The number of aromatic carboxylic acids is 1. The van der Waals surface area contributed by atoms with E-state index in [4.69, 9.17) is 30.6 Å². The zero-order valence-electron chi connectivity index (χ0n) is 34.8. The van der Waals surface area contributed by atoms with Crippen molar-refractivity contribution >= 4 is 56.8 Å². The summed E-state index contributed by atoms with van der Waals surface area (Å²) < 4.78 is 39.4. The highest BCUT2D eigenvalue weighted by Crippen LogP contribution is 2.32. The van der Waals surface area contributed by atoms with Gasteiger partial charge in [0.2, 0.25) is 0 Å². The first-order chi connectivity index (χ1) is 24.8. The van der Waals surface area contributed by atoms with E-state index in [-0.39, 0.29) is 5.56 Å². The van der Waals surface area contributed by atoms with Crippen LogP contribution in [0.25, 0.3) is 22.3 Å². The molecule has 9 nitrogen and oxygen atoms in total. The maximum atomic E-state index is 12.1. The summed E-state index contributed by atoms with van der Waals surface area (Å²) in [5, 5.41) is 19.0. The van der Waals surface area contributed by atoms with Crippen LogP contribution in [0.1, 0.15) is 41.6 Å². The minimum Gasteiger partial charge on any atom is -0.494 e. The van der Waals surface area contributed by atoms with Crippen molar-refractivity contribution in [3.8, 4) is 34.1 Å². The Balaban J connectivity index is 1.47. The highest BCUT2D eigenvalue weighted by molar-refractivity contribution is 6.91. The Bertz CT molecular complexity index is 1730. The van der Waals surface area contributed by atoms with Crippen LogP contribution in [-0.4, -0.2) is 68.6 Å². The second kappa shape index (κ2) is 18.6. The summed E-state index contributed by atoms with van der Waals surface area (Å²) in [7, 11) is -13.6. The number of benzene rings is 3. The van der Waals surface area contributed by atoms with Crippen LogP contribution in [0.4, 0.5) is 0 Å². The molecule has 0 bridgehead atoms. The topological polar surface area (TPSA) is 116 Å². The molecule has 0 heterocycles. The number of rotatable bonds is 21. The molecule has 0 aromatic heterocycles. The number of carboxylic acid groups (broad SMARTS) is 1. The van der Waals surface area contributed by atoms with Crippen LogP contribution in [0.3, 0.4) is 0 Å². The molecule has 0 aliphatic heterocycles. The van der Waals surface area contributed by atoms with E-state index in [9.17, 15) is 9.90 Å². The molecule has 0 saturated carbocycles. The van der Waals surface area contributed by atoms with E-state index < -0.39 is 56.8 Å².